The summed E-state index contributed by atoms with van der Waals surface area (Å²) in [6.07, 6.45) is 5.83. The number of anilines is 1. The van der Waals surface area contributed by atoms with Crippen LogP contribution >= 0.6 is 0 Å². The summed E-state index contributed by atoms with van der Waals surface area (Å²) in [5, 5.41) is 15.8. The second-order valence-corrected chi connectivity index (χ2v) is 14.5. The van der Waals surface area contributed by atoms with Crippen molar-refractivity contribution in [2.24, 2.45) is 0 Å². The van der Waals surface area contributed by atoms with Crippen molar-refractivity contribution in [1.29, 1.82) is 0 Å². The molecule has 0 atom stereocenters. The van der Waals surface area contributed by atoms with Gasteiger partial charge in [-0.25, -0.2) is 9.59 Å². The Kier molecular flexibility index (Phi) is 9.85. The lowest BCUT2D eigenvalue weighted by Gasteiger charge is -2.35. The van der Waals surface area contributed by atoms with Gasteiger partial charge in [0.05, 0.1) is 5.52 Å². The number of aromatic nitrogens is 1. The van der Waals surface area contributed by atoms with Crippen LogP contribution in [0.25, 0.3) is 10.9 Å². The van der Waals surface area contributed by atoms with Gasteiger partial charge in [-0.3, -0.25) is 4.98 Å². The van der Waals surface area contributed by atoms with Crippen molar-refractivity contribution in [3.05, 3.63) is 76.7 Å². The van der Waals surface area contributed by atoms with Gasteiger partial charge in [0.2, 0.25) is 0 Å². The highest BCUT2D eigenvalue weighted by Crippen LogP contribution is 2.42. The Morgan fingerprint density at radius 1 is 0.911 bits per heavy atom. The molecule has 1 aliphatic rings. The second-order valence-electron chi connectivity index (χ2n) is 14.5. The van der Waals surface area contributed by atoms with Crippen LogP contribution in [-0.4, -0.2) is 39.3 Å². The molecule has 2 aromatic carbocycles. The predicted octanol–water partition coefficient (Wildman–Crippen LogP) is 8.08. The van der Waals surface area contributed by atoms with Crippen LogP contribution in [-0.2, 0) is 36.4 Å². The van der Waals surface area contributed by atoms with Crippen LogP contribution in [0, 0.1) is 0 Å². The van der Waals surface area contributed by atoms with Crippen molar-refractivity contribution in [2.45, 2.75) is 111 Å². The third kappa shape index (κ3) is 8.16. The number of hydrogen-bond donors (Lipinski definition) is 2. The highest BCUT2D eigenvalue weighted by atomic mass is 16.7. The number of rotatable bonds is 10. The molecular weight excluding hydrogens is 566 g/mol. The number of cyclic esters (lactones) is 2. The van der Waals surface area contributed by atoms with Crippen molar-refractivity contribution in [2.75, 3.05) is 11.9 Å². The summed E-state index contributed by atoms with van der Waals surface area (Å²) in [6, 6.07) is 13.8. The molecule has 1 saturated heterocycles. The minimum Gasteiger partial charge on any atom is -0.507 e. The highest BCUT2D eigenvalue weighted by molar-refractivity contribution is 6.16. The summed E-state index contributed by atoms with van der Waals surface area (Å²) in [5.41, 5.74) is 3.03. The summed E-state index contributed by atoms with van der Waals surface area (Å²) < 4.78 is 11.2. The van der Waals surface area contributed by atoms with Crippen LogP contribution in [0.5, 0.6) is 5.75 Å². The smallest absolute Gasteiger partial charge is 0.352 e. The molecule has 0 unspecified atom stereocenters. The molecule has 0 spiro atoms. The van der Waals surface area contributed by atoms with Gasteiger partial charge in [-0.1, -0.05) is 85.9 Å². The van der Waals surface area contributed by atoms with Crippen molar-refractivity contribution in [3.8, 4) is 5.75 Å². The van der Waals surface area contributed by atoms with Gasteiger partial charge < -0.3 is 24.8 Å². The lowest BCUT2D eigenvalue weighted by Crippen LogP contribution is -2.44. The SMILES string of the molecule is CCCCCCN(Cc1cnc2ccccc2c1)C(Nc1cc(C(C)(C)C)c(O)c(C(C)(C)C)c1)=C1C(=O)OC(C)(C)OC1=O. The topological polar surface area (TPSA) is 101 Å². The number of nitrogens with one attached hydrogen (secondary N) is 1. The van der Waals surface area contributed by atoms with E-state index in [0.717, 1.165) is 53.3 Å². The van der Waals surface area contributed by atoms with Crippen LogP contribution in [0.3, 0.4) is 0 Å². The molecule has 0 saturated carbocycles. The van der Waals surface area contributed by atoms with Gasteiger partial charge in [-0.15, -0.1) is 0 Å². The number of aromatic hydroxyl groups is 1. The van der Waals surface area contributed by atoms with Gasteiger partial charge in [0.25, 0.3) is 5.79 Å². The molecule has 3 aromatic rings. The summed E-state index contributed by atoms with van der Waals surface area (Å²) in [4.78, 5) is 33.8. The Morgan fingerprint density at radius 2 is 1.51 bits per heavy atom. The Balaban J connectivity index is 1.90. The van der Waals surface area contributed by atoms with E-state index in [1.165, 1.54) is 0 Å². The fraction of sp³-hybridized carbons (Fsp3) is 0.486. The Morgan fingerprint density at radius 3 is 2.09 bits per heavy atom. The molecule has 4 rings (SSSR count). The molecule has 2 heterocycles. The van der Waals surface area contributed by atoms with Crippen molar-refractivity contribution >= 4 is 28.5 Å². The lowest BCUT2D eigenvalue weighted by atomic mass is 9.79. The number of benzene rings is 2. The predicted molar refractivity (Wildman–Crippen MR) is 179 cm³/mol. The number of phenolic OH excluding ortho intramolecular Hbond substituents is 1. The fourth-order valence-electron chi connectivity index (χ4n) is 5.56. The first kappa shape index (κ1) is 33.8. The molecule has 45 heavy (non-hydrogen) atoms. The number of pyridine rings is 1. The average Bonchev–Trinajstić information content (AvgIpc) is 2.92. The summed E-state index contributed by atoms with van der Waals surface area (Å²) >= 11 is 0. The minimum absolute atomic E-state index is 0.193. The number of ether oxygens (including phenoxy) is 2. The van der Waals surface area contributed by atoms with Gasteiger partial charge in [-0.05, 0) is 47.1 Å². The first-order chi connectivity index (χ1) is 21.0. The number of para-hydroxylation sites is 1. The monoisotopic (exact) mass is 615 g/mol. The number of hydrogen-bond acceptors (Lipinski definition) is 8. The molecular formula is C37H49N3O5. The summed E-state index contributed by atoms with van der Waals surface area (Å²) in [7, 11) is 0. The largest absolute Gasteiger partial charge is 0.507 e. The molecule has 0 amide bonds. The Hall–Kier alpha value is -4.07. The van der Waals surface area contributed by atoms with Crippen molar-refractivity contribution < 1.29 is 24.2 Å². The molecule has 1 aliphatic heterocycles. The third-order valence-electron chi connectivity index (χ3n) is 7.93. The standard InChI is InChI=1S/C37H49N3O5/c1-10-11-12-15-18-40(23-24-19-25-16-13-14-17-29(25)38-22-24)32(30-33(42)44-37(8,9)45-34(30)43)39-26-20-27(35(2,3)4)31(41)28(21-26)36(5,6)7/h13-14,16-17,19-22,39,41H,10-12,15,18,23H2,1-9H3. The Labute approximate surface area is 267 Å². The van der Waals surface area contributed by atoms with E-state index in [-0.39, 0.29) is 22.2 Å². The number of esters is 2. The van der Waals surface area contributed by atoms with E-state index in [4.69, 9.17) is 9.47 Å². The zero-order valence-corrected chi connectivity index (χ0v) is 28.3. The zero-order chi connectivity index (χ0) is 33.2. The van der Waals surface area contributed by atoms with Gasteiger partial charge in [0.1, 0.15) is 11.6 Å². The van der Waals surface area contributed by atoms with Gasteiger partial charge in [0, 0.05) is 55.3 Å². The van der Waals surface area contributed by atoms with Crippen LogP contribution in [0.15, 0.2) is 60.1 Å². The molecule has 242 valence electrons. The molecule has 0 aliphatic carbocycles. The van der Waals surface area contributed by atoms with Gasteiger partial charge >= 0.3 is 11.9 Å². The summed E-state index contributed by atoms with van der Waals surface area (Å²) in [5.74, 6) is -2.34. The van der Waals surface area contributed by atoms with Gasteiger partial charge in [-0.2, -0.15) is 0 Å². The second kappa shape index (κ2) is 13.1. The number of unbranched alkanes of at least 4 members (excludes halogenated alkanes) is 3. The first-order valence-electron chi connectivity index (χ1n) is 15.9. The molecule has 8 nitrogen and oxygen atoms in total. The van der Waals surface area contributed by atoms with Crippen LogP contribution in [0.2, 0.25) is 0 Å². The van der Waals surface area contributed by atoms with E-state index in [0.29, 0.717) is 24.6 Å². The fourth-order valence-corrected chi connectivity index (χ4v) is 5.56. The maximum Gasteiger partial charge on any atom is 0.352 e. The van der Waals surface area contributed by atoms with E-state index in [1.54, 1.807) is 13.8 Å². The van der Waals surface area contributed by atoms with Crippen molar-refractivity contribution in [1.82, 2.24) is 9.88 Å². The quantitative estimate of drug-likeness (QED) is 0.0776. The van der Waals surface area contributed by atoms with E-state index >= 15 is 0 Å². The third-order valence-corrected chi connectivity index (χ3v) is 7.93. The molecule has 1 aromatic heterocycles. The number of fused-ring (bicyclic) bond motifs is 1. The van der Waals surface area contributed by atoms with E-state index in [9.17, 15) is 14.7 Å². The van der Waals surface area contributed by atoms with Gasteiger partial charge in [0.15, 0.2) is 5.57 Å². The lowest BCUT2D eigenvalue weighted by molar-refractivity contribution is -0.222. The van der Waals surface area contributed by atoms with E-state index in [1.807, 2.05) is 89.0 Å². The first-order valence-corrected chi connectivity index (χ1v) is 15.9. The number of phenols is 1. The summed E-state index contributed by atoms with van der Waals surface area (Å²) in [6.45, 7) is 18.5. The number of carbonyl (C=O) groups excluding carboxylic acids is 2. The van der Waals surface area contributed by atoms with Crippen molar-refractivity contribution in [3.63, 3.8) is 0 Å². The molecule has 2 N–H and O–H groups in total. The average molecular weight is 616 g/mol. The maximum absolute atomic E-state index is 13.6. The van der Waals surface area contributed by atoms with Crippen LogP contribution < -0.4 is 5.32 Å². The van der Waals surface area contributed by atoms with Crippen LogP contribution in [0.1, 0.15) is 105 Å². The molecule has 1 fully saturated rings. The maximum atomic E-state index is 13.6. The van der Waals surface area contributed by atoms with E-state index < -0.39 is 17.7 Å². The normalized spacial score (nSPS) is 15.1. The zero-order valence-electron chi connectivity index (χ0n) is 28.3. The Bertz CT molecular complexity index is 1540. The molecule has 0 bridgehead atoms. The minimum atomic E-state index is -1.38. The molecule has 0 radical (unpaired) electrons. The van der Waals surface area contributed by atoms with E-state index in [2.05, 4.69) is 23.3 Å². The van der Waals surface area contributed by atoms with Crippen LogP contribution in [0.4, 0.5) is 5.69 Å². The molecule has 8 heteroatoms. The highest BCUT2D eigenvalue weighted by Gasteiger charge is 2.42. The number of carbonyl (C=O) groups is 2. The number of nitrogens with zero attached hydrogens (tertiary/aromatic N) is 2.